The van der Waals surface area contributed by atoms with Crippen LogP contribution in [0.1, 0.15) is 24.8 Å². The summed E-state index contributed by atoms with van der Waals surface area (Å²) in [6.45, 7) is 2.76. The number of nitrogens with one attached hydrogen (secondary N) is 1. The molecular formula is C16H26FN3. The van der Waals surface area contributed by atoms with Gasteiger partial charge in [0.2, 0.25) is 0 Å². The SMILES string of the molecule is CN(C)CCCN(C)c1cc(F)cc(CNC2CC2)c1. The summed E-state index contributed by atoms with van der Waals surface area (Å²) < 4.78 is 13.7. The minimum absolute atomic E-state index is 0.144. The van der Waals surface area contributed by atoms with Crippen molar-refractivity contribution in [3.8, 4) is 0 Å². The number of halogens is 1. The standard InChI is InChI=1S/C16H26FN3/c1-19(2)7-4-8-20(3)16-10-13(9-14(17)11-16)12-18-15-5-6-15/h9-11,15,18H,4-8,12H2,1-3H3. The molecule has 0 radical (unpaired) electrons. The fourth-order valence-corrected chi connectivity index (χ4v) is 2.26. The van der Waals surface area contributed by atoms with Gasteiger partial charge in [-0.25, -0.2) is 4.39 Å². The van der Waals surface area contributed by atoms with E-state index in [1.165, 1.54) is 12.8 Å². The fourth-order valence-electron chi connectivity index (χ4n) is 2.26. The van der Waals surface area contributed by atoms with E-state index in [1.54, 1.807) is 12.1 Å². The first-order chi connectivity index (χ1) is 9.54. The molecule has 1 N–H and O–H groups in total. The van der Waals surface area contributed by atoms with E-state index in [1.807, 2.05) is 7.05 Å². The van der Waals surface area contributed by atoms with Gasteiger partial charge in [0, 0.05) is 31.9 Å². The zero-order valence-electron chi connectivity index (χ0n) is 12.8. The Balaban J connectivity index is 1.91. The first-order valence-electron chi connectivity index (χ1n) is 7.43. The largest absolute Gasteiger partial charge is 0.374 e. The minimum atomic E-state index is -0.144. The molecule has 0 spiro atoms. The van der Waals surface area contributed by atoms with Gasteiger partial charge < -0.3 is 15.1 Å². The Morgan fingerprint density at radius 3 is 2.55 bits per heavy atom. The molecule has 0 aromatic heterocycles. The highest BCUT2D eigenvalue weighted by atomic mass is 19.1. The molecule has 0 atom stereocenters. The number of hydrogen-bond acceptors (Lipinski definition) is 3. The molecular weight excluding hydrogens is 253 g/mol. The van der Waals surface area contributed by atoms with Crippen LogP contribution >= 0.6 is 0 Å². The van der Waals surface area contributed by atoms with E-state index < -0.39 is 0 Å². The van der Waals surface area contributed by atoms with E-state index in [0.717, 1.165) is 37.3 Å². The maximum absolute atomic E-state index is 13.7. The molecule has 0 amide bonds. The van der Waals surface area contributed by atoms with E-state index in [4.69, 9.17) is 0 Å². The Labute approximate surface area is 121 Å². The van der Waals surface area contributed by atoms with Crippen molar-refractivity contribution in [3.05, 3.63) is 29.6 Å². The second kappa shape index (κ2) is 7.04. The van der Waals surface area contributed by atoms with Gasteiger partial charge in [-0.2, -0.15) is 0 Å². The van der Waals surface area contributed by atoms with Crippen molar-refractivity contribution in [1.82, 2.24) is 10.2 Å². The van der Waals surface area contributed by atoms with E-state index >= 15 is 0 Å². The first-order valence-corrected chi connectivity index (χ1v) is 7.43. The van der Waals surface area contributed by atoms with E-state index in [-0.39, 0.29) is 5.82 Å². The van der Waals surface area contributed by atoms with Gasteiger partial charge in [-0.05, 0) is 63.7 Å². The summed E-state index contributed by atoms with van der Waals surface area (Å²) in [6, 6.07) is 6.00. The summed E-state index contributed by atoms with van der Waals surface area (Å²) in [5, 5.41) is 3.43. The van der Waals surface area contributed by atoms with Crippen LogP contribution in [0, 0.1) is 5.82 Å². The minimum Gasteiger partial charge on any atom is -0.374 e. The molecule has 0 aliphatic heterocycles. The molecule has 1 saturated carbocycles. The van der Waals surface area contributed by atoms with E-state index in [0.29, 0.717) is 6.04 Å². The van der Waals surface area contributed by atoms with Crippen LogP contribution in [0.25, 0.3) is 0 Å². The summed E-state index contributed by atoms with van der Waals surface area (Å²) in [5.74, 6) is -0.144. The molecule has 1 aliphatic carbocycles. The van der Waals surface area contributed by atoms with Crippen LogP contribution in [-0.2, 0) is 6.54 Å². The van der Waals surface area contributed by atoms with Crippen molar-refractivity contribution in [3.63, 3.8) is 0 Å². The van der Waals surface area contributed by atoms with Crippen molar-refractivity contribution in [2.75, 3.05) is 39.1 Å². The maximum Gasteiger partial charge on any atom is 0.125 e. The van der Waals surface area contributed by atoms with E-state index in [2.05, 4.69) is 35.3 Å². The average Bonchev–Trinajstić information content (AvgIpc) is 3.19. The average molecular weight is 279 g/mol. The quantitative estimate of drug-likeness (QED) is 0.788. The molecule has 2 rings (SSSR count). The van der Waals surface area contributed by atoms with Gasteiger partial charge in [0.1, 0.15) is 5.82 Å². The number of rotatable bonds is 8. The Hall–Kier alpha value is -1.13. The Morgan fingerprint density at radius 1 is 1.15 bits per heavy atom. The second-order valence-corrected chi connectivity index (χ2v) is 6.05. The van der Waals surface area contributed by atoms with Crippen LogP contribution in [0.4, 0.5) is 10.1 Å². The molecule has 0 unspecified atom stereocenters. The third kappa shape index (κ3) is 5.10. The Morgan fingerprint density at radius 2 is 1.90 bits per heavy atom. The zero-order chi connectivity index (χ0) is 14.5. The van der Waals surface area contributed by atoms with Gasteiger partial charge in [-0.1, -0.05) is 0 Å². The Kier molecular flexibility index (Phi) is 5.38. The van der Waals surface area contributed by atoms with Gasteiger partial charge in [-0.3, -0.25) is 0 Å². The molecule has 1 aliphatic rings. The van der Waals surface area contributed by atoms with Gasteiger partial charge >= 0.3 is 0 Å². The number of hydrogen-bond donors (Lipinski definition) is 1. The molecule has 4 heteroatoms. The monoisotopic (exact) mass is 279 g/mol. The smallest absolute Gasteiger partial charge is 0.125 e. The van der Waals surface area contributed by atoms with Crippen LogP contribution in [-0.4, -0.2) is 45.2 Å². The summed E-state index contributed by atoms with van der Waals surface area (Å²) in [4.78, 5) is 4.30. The van der Waals surface area contributed by atoms with Crippen LogP contribution in [0.15, 0.2) is 18.2 Å². The molecule has 0 bridgehead atoms. The predicted octanol–water partition coefficient (Wildman–Crippen LogP) is 2.47. The number of benzene rings is 1. The lowest BCUT2D eigenvalue weighted by molar-refractivity contribution is 0.401. The summed E-state index contributed by atoms with van der Waals surface area (Å²) in [7, 11) is 6.18. The van der Waals surface area contributed by atoms with Crippen molar-refractivity contribution < 1.29 is 4.39 Å². The third-order valence-electron chi connectivity index (χ3n) is 3.65. The molecule has 20 heavy (non-hydrogen) atoms. The fraction of sp³-hybridized carbons (Fsp3) is 0.625. The van der Waals surface area contributed by atoms with Gasteiger partial charge in [0.15, 0.2) is 0 Å². The molecule has 1 aromatic carbocycles. The van der Waals surface area contributed by atoms with Crippen LogP contribution < -0.4 is 10.2 Å². The van der Waals surface area contributed by atoms with Crippen LogP contribution in [0.3, 0.4) is 0 Å². The highest BCUT2D eigenvalue weighted by Gasteiger charge is 2.20. The van der Waals surface area contributed by atoms with Gasteiger partial charge in [0.25, 0.3) is 0 Å². The summed E-state index contributed by atoms with van der Waals surface area (Å²) in [6.07, 6.45) is 3.59. The van der Waals surface area contributed by atoms with Crippen molar-refractivity contribution >= 4 is 5.69 Å². The van der Waals surface area contributed by atoms with Crippen molar-refractivity contribution in [2.45, 2.75) is 31.8 Å². The molecule has 1 aromatic rings. The third-order valence-corrected chi connectivity index (χ3v) is 3.65. The lowest BCUT2D eigenvalue weighted by atomic mass is 10.1. The normalized spacial score (nSPS) is 14.8. The zero-order valence-corrected chi connectivity index (χ0v) is 12.8. The summed E-state index contributed by atoms with van der Waals surface area (Å²) >= 11 is 0. The maximum atomic E-state index is 13.7. The predicted molar refractivity (Wildman–Crippen MR) is 82.7 cm³/mol. The molecule has 0 saturated heterocycles. The highest BCUT2D eigenvalue weighted by Crippen LogP contribution is 2.21. The highest BCUT2D eigenvalue weighted by molar-refractivity contribution is 5.48. The number of nitrogens with zero attached hydrogens (tertiary/aromatic N) is 2. The first kappa shape index (κ1) is 15.3. The lowest BCUT2D eigenvalue weighted by Crippen LogP contribution is -2.23. The van der Waals surface area contributed by atoms with Gasteiger partial charge in [-0.15, -0.1) is 0 Å². The van der Waals surface area contributed by atoms with Gasteiger partial charge in [0.05, 0.1) is 0 Å². The second-order valence-electron chi connectivity index (χ2n) is 6.05. The van der Waals surface area contributed by atoms with E-state index in [9.17, 15) is 4.39 Å². The topological polar surface area (TPSA) is 18.5 Å². The summed E-state index contributed by atoms with van der Waals surface area (Å²) in [5.41, 5.74) is 2.00. The lowest BCUT2D eigenvalue weighted by Gasteiger charge is -2.21. The Bertz CT molecular complexity index is 430. The van der Waals surface area contributed by atoms with Crippen molar-refractivity contribution in [2.24, 2.45) is 0 Å². The molecule has 112 valence electrons. The molecule has 3 nitrogen and oxygen atoms in total. The van der Waals surface area contributed by atoms with Crippen LogP contribution in [0.5, 0.6) is 0 Å². The van der Waals surface area contributed by atoms with Crippen LogP contribution in [0.2, 0.25) is 0 Å². The number of anilines is 1. The molecule has 0 heterocycles. The molecule has 1 fully saturated rings. The van der Waals surface area contributed by atoms with Crippen molar-refractivity contribution in [1.29, 1.82) is 0 Å².